The molecule has 2 aliphatic rings. The first-order valence-electron chi connectivity index (χ1n) is 6.25. The van der Waals surface area contributed by atoms with Crippen molar-refractivity contribution in [2.75, 3.05) is 0 Å². The van der Waals surface area contributed by atoms with Crippen LogP contribution in [0.5, 0.6) is 5.75 Å². The number of carbonyl (C=O) groups is 1. The zero-order valence-corrected chi connectivity index (χ0v) is 12.3. The molecule has 4 nitrogen and oxygen atoms in total. The molecule has 2 aliphatic carbocycles. The lowest BCUT2D eigenvalue weighted by Gasteiger charge is -2.08. The third kappa shape index (κ3) is 2.89. The van der Waals surface area contributed by atoms with Crippen LogP contribution < -0.4 is 4.18 Å². The van der Waals surface area contributed by atoms with Gasteiger partial charge in [-0.3, -0.25) is 4.79 Å². The van der Waals surface area contributed by atoms with Crippen molar-refractivity contribution in [3.8, 4) is 16.9 Å². The van der Waals surface area contributed by atoms with E-state index in [1.54, 1.807) is 6.07 Å². The molecule has 0 aromatic carbocycles. The highest BCUT2D eigenvalue weighted by atomic mass is 32.2. The van der Waals surface area contributed by atoms with Crippen molar-refractivity contribution in [3.05, 3.63) is 41.5 Å². The smallest absolute Gasteiger partial charge is 0.160 e. The second-order valence-corrected chi connectivity index (χ2v) is 5.49. The lowest BCUT2D eigenvalue weighted by Crippen LogP contribution is -1.97. The molecule has 0 radical (unpaired) electrons. The predicted octanol–water partition coefficient (Wildman–Crippen LogP) is 3.29. The molecule has 0 aromatic rings. The van der Waals surface area contributed by atoms with Crippen LogP contribution in [0.1, 0.15) is 42.6 Å². The minimum atomic E-state index is -2.67. The summed E-state index contributed by atoms with van der Waals surface area (Å²) in [5.41, 5.74) is 2.84. The molecule has 0 amide bonds. The van der Waals surface area contributed by atoms with Crippen LogP contribution in [-0.4, -0.2) is 14.5 Å². The number of hydrogen-bond acceptors (Lipinski definition) is 4. The summed E-state index contributed by atoms with van der Waals surface area (Å²) in [6, 6.07) is 8.97. The van der Waals surface area contributed by atoms with E-state index in [0.29, 0.717) is 16.7 Å². The largest absolute Gasteiger partial charge is 0.740 e. The molecule has 0 saturated carbocycles. The predicted molar refractivity (Wildman–Crippen MR) is 76.7 cm³/mol. The molecule has 0 heterocycles. The molecule has 106 valence electrons. The molecule has 0 N–H and O–H groups in total. The van der Waals surface area contributed by atoms with Gasteiger partial charge in [0.05, 0.1) is 0 Å². The van der Waals surface area contributed by atoms with Crippen LogP contribution >= 0.6 is 0 Å². The minimum Gasteiger partial charge on any atom is -0.740 e. The standard InChI is InChI=1S/C15H16O4S/c1-9(2)11-5-4-6-12-13(10(3)16)8-15(14(12)7-11)19-20(17)18/h4-9H,1-3H3,(H,17,18)/p-1. The fourth-order valence-electron chi connectivity index (χ4n) is 2.16. The summed E-state index contributed by atoms with van der Waals surface area (Å²) < 4.78 is 26.4. The van der Waals surface area contributed by atoms with Gasteiger partial charge < -0.3 is 8.74 Å². The van der Waals surface area contributed by atoms with E-state index in [1.165, 1.54) is 13.0 Å². The van der Waals surface area contributed by atoms with Crippen LogP contribution in [0, 0.1) is 0 Å². The maximum atomic E-state index is 11.7. The van der Waals surface area contributed by atoms with Crippen LogP contribution in [0.4, 0.5) is 0 Å². The summed E-state index contributed by atoms with van der Waals surface area (Å²) in [6.45, 7) is 5.54. The van der Waals surface area contributed by atoms with Crippen molar-refractivity contribution < 1.29 is 17.7 Å². The topological polar surface area (TPSA) is 66.4 Å². The Hall–Kier alpha value is -1.72. The molecule has 0 spiro atoms. The van der Waals surface area contributed by atoms with Crippen LogP contribution in [0.25, 0.3) is 11.1 Å². The molecule has 20 heavy (non-hydrogen) atoms. The lowest BCUT2D eigenvalue weighted by atomic mass is 10.0. The van der Waals surface area contributed by atoms with Gasteiger partial charge in [-0.05, 0) is 36.1 Å². The van der Waals surface area contributed by atoms with E-state index in [-0.39, 0.29) is 17.5 Å². The van der Waals surface area contributed by atoms with E-state index in [0.717, 1.165) is 5.56 Å². The van der Waals surface area contributed by atoms with E-state index >= 15 is 0 Å². The molecule has 1 unspecified atom stereocenters. The Morgan fingerprint density at radius 2 is 1.95 bits per heavy atom. The minimum absolute atomic E-state index is 0.126. The highest BCUT2D eigenvalue weighted by Gasteiger charge is 2.20. The Balaban J connectivity index is 2.69. The maximum absolute atomic E-state index is 11.7. The SMILES string of the molecule is CC(=O)c1cc(OS(=O)[O-])c2cc(C(C)C)cccc1-2. The van der Waals surface area contributed by atoms with Crippen molar-refractivity contribution in [3.63, 3.8) is 0 Å². The second-order valence-electron chi connectivity index (χ2n) is 4.92. The van der Waals surface area contributed by atoms with Crippen LogP contribution in [0.2, 0.25) is 0 Å². The van der Waals surface area contributed by atoms with Gasteiger partial charge in [0, 0.05) is 11.1 Å². The summed E-state index contributed by atoms with van der Waals surface area (Å²) in [6.07, 6.45) is 0. The van der Waals surface area contributed by atoms with Crippen molar-refractivity contribution in [1.29, 1.82) is 0 Å². The van der Waals surface area contributed by atoms with Gasteiger partial charge in [0.15, 0.2) is 5.78 Å². The Morgan fingerprint density at radius 3 is 2.50 bits per heavy atom. The Kier molecular flexibility index (Phi) is 4.20. The van der Waals surface area contributed by atoms with Gasteiger partial charge in [-0.25, -0.2) is 4.21 Å². The van der Waals surface area contributed by atoms with Crippen molar-refractivity contribution in [1.82, 2.24) is 0 Å². The van der Waals surface area contributed by atoms with Crippen molar-refractivity contribution >= 4 is 17.1 Å². The summed E-state index contributed by atoms with van der Waals surface area (Å²) in [5.74, 6) is 0.349. The number of carbonyl (C=O) groups excluding carboxylic acids is 1. The second kappa shape index (κ2) is 5.73. The molecule has 0 fully saturated rings. The van der Waals surface area contributed by atoms with E-state index in [9.17, 15) is 13.6 Å². The van der Waals surface area contributed by atoms with Gasteiger partial charge >= 0.3 is 0 Å². The highest BCUT2D eigenvalue weighted by molar-refractivity contribution is 7.74. The molecule has 0 aromatic heterocycles. The van der Waals surface area contributed by atoms with Crippen molar-refractivity contribution in [2.45, 2.75) is 26.7 Å². The molecule has 0 saturated heterocycles. The van der Waals surface area contributed by atoms with Gasteiger partial charge in [-0.1, -0.05) is 32.0 Å². The Morgan fingerprint density at radius 1 is 1.25 bits per heavy atom. The molecule has 0 aliphatic heterocycles. The zero-order chi connectivity index (χ0) is 14.9. The van der Waals surface area contributed by atoms with E-state index in [4.69, 9.17) is 4.18 Å². The van der Waals surface area contributed by atoms with E-state index < -0.39 is 11.4 Å². The summed E-state index contributed by atoms with van der Waals surface area (Å²) >= 11 is -2.67. The average molecular weight is 291 g/mol. The maximum Gasteiger partial charge on any atom is 0.160 e. The monoisotopic (exact) mass is 291 g/mol. The number of hydrogen-bond donors (Lipinski definition) is 0. The first kappa shape index (κ1) is 14.7. The number of fused-ring (bicyclic) bond motifs is 1. The molecule has 0 bridgehead atoms. The molecule has 2 rings (SSSR count). The fourth-order valence-corrected chi connectivity index (χ4v) is 2.44. The number of ketones is 1. The zero-order valence-electron chi connectivity index (χ0n) is 11.5. The van der Waals surface area contributed by atoms with Crippen LogP contribution in [0.3, 0.4) is 0 Å². The van der Waals surface area contributed by atoms with Gasteiger partial charge in [0.1, 0.15) is 17.1 Å². The first-order chi connectivity index (χ1) is 9.40. The lowest BCUT2D eigenvalue weighted by molar-refractivity contribution is 0.101. The number of Topliss-reactive ketones (excluding diaryl/α,β-unsaturated/α-hetero) is 1. The first-order valence-corrected chi connectivity index (χ1v) is 7.25. The quantitative estimate of drug-likeness (QED) is 0.640. The molecule has 1 atom stereocenters. The normalized spacial score (nSPS) is 12.7. The van der Waals surface area contributed by atoms with Crippen LogP contribution in [-0.2, 0) is 11.4 Å². The summed E-state index contributed by atoms with van der Waals surface area (Å²) in [7, 11) is 0. The van der Waals surface area contributed by atoms with Gasteiger partial charge in [-0.15, -0.1) is 0 Å². The van der Waals surface area contributed by atoms with Crippen LogP contribution in [0.15, 0.2) is 30.3 Å². The van der Waals surface area contributed by atoms with Gasteiger partial charge in [0.25, 0.3) is 0 Å². The third-order valence-corrected chi connectivity index (χ3v) is 3.50. The average Bonchev–Trinajstić information content (AvgIpc) is 2.56. The highest BCUT2D eigenvalue weighted by Crippen LogP contribution is 2.39. The van der Waals surface area contributed by atoms with E-state index in [2.05, 4.69) is 0 Å². The van der Waals surface area contributed by atoms with Crippen molar-refractivity contribution in [2.24, 2.45) is 0 Å². The Bertz CT molecular complexity index is 649. The molecular weight excluding hydrogens is 276 g/mol. The fraction of sp³-hybridized carbons (Fsp3) is 0.267. The molecular formula is C15H15O4S-. The van der Waals surface area contributed by atoms with Gasteiger partial charge in [0.2, 0.25) is 0 Å². The third-order valence-electron chi connectivity index (χ3n) is 3.19. The van der Waals surface area contributed by atoms with E-state index in [1.807, 2.05) is 32.0 Å². The van der Waals surface area contributed by atoms with Gasteiger partial charge in [-0.2, -0.15) is 0 Å². The summed E-state index contributed by atoms with van der Waals surface area (Å²) in [4.78, 5) is 11.7. The Labute approximate surface area is 120 Å². The number of rotatable bonds is 4. The summed E-state index contributed by atoms with van der Waals surface area (Å²) in [5, 5.41) is 0. The molecule has 5 heteroatoms.